The Bertz CT molecular complexity index is 1160. The first-order chi connectivity index (χ1) is 15.1. The number of aryl methyl sites for hydroxylation is 2. The zero-order valence-electron chi connectivity index (χ0n) is 17.7. The Balaban J connectivity index is 1.60. The molecular weight excluding hydrogens is 392 g/mol. The van der Waals surface area contributed by atoms with E-state index >= 15 is 0 Å². The molecule has 0 saturated carbocycles. The first-order valence-corrected chi connectivity index (χ1v) is 10.1. The fraction of sp³-hybridized carbons (Fsp3) is 0.208. The first kappa shape index (κ1) is 20.4. The van der Waals surface area contributed by atoms with E-state index in [1.165, 1.54) is 0 Å². The molecule has 0 aliphatic carbocycles. The van der Waals surface area contributed by atoms with E-state index in [9.17, 15) is 4.79 Å². The van der Waals surface area contributed by atoms with E-state index in [-0.39, 0.29) is 17.7 Å². The van der Waals surface area contributed by atoms with Crippen molar-refractivity contribution in [2.24, 2.45) is 0 Å². The van der Waals surface area contributed by atoms with E-state index in [0.29, 0.717) is 5.69 Å². The van der Waals surface area contributed by atoms with Crippen LogP contribution in [0, 0.1) is 6.92 Å². The van der Waals surface area contributed by atoms with Gasteiger partial charge >= 0.3 is 0 Å². The maximum Gasteiger partial charge on any atom is 0.290 e. The number of carbonyl (C=O) groups excluding carboxylic acids is 1. The molecule has 0 spiro atoms. The summed E-state index contributed by atoms with van der Waals surface area (Å²) in [5.74, 6) is 0.557. The maximum absolute atomic E-state index is 13.0. The number of carbonyl (C=O) groups is 1. The minimum Gasteiger partial charge on any atom is -0.497 e. The molecule has 4 rings (SSSR count). The SMILES string of the molecule is CCn1cc(-c2cc(C(=O)N[C@@H](c3ccccc3)c3ccc(OC)cc3)on2)c(C)n1. The Hall–Kier alpha value is -3.87. The van der Waals surface area contributed by atoms with E-state index in [4.69, 9.17) is 9.26 Å². The molecule has 0 aliphatic rings. The van der Waals surface area contributed by atoms with Gasteiger partial charge in [-0.25, -0.2) is 0 Å². The fourth-order valence-electron chi connectivity index (χ4n) is 3.44. The third-order valence-corrected chi connectivity index (χ3v) is 5.14. The topological polar surface area (TPSA) is 82.2 Å². The van der Waals surface area contributed by atoms with E-state index in [1.54, 1.807) is 13.2 Å². The minimum atomic E-state index is -0.349. The Kier molecular flexibility index (Phi) is 5.84. The predicted molar refractivity (Wildman–Crippen MR) is 117 cm³/mol. The van der Waals surface area contributed by atoms with Gasteiger partial charge < -0.3 is 14.6 Å². The lowest BCUT2D eigenvalue weighted by Gasteiger charge is -2.19. The van der Waals surface area contributed by atoms with Gasteiger partial charge in [-0.15, -0.1) is 0 Å². The number of hydrogen-bond donors (Lipinski definition) is 1. The summed E-state index contributed by atoms with van der Waals surface area (Å²) in [5, 5.41) is 11.6. The standard InChI is InChI=1S/C24H24N4O3/c1-4-28-15-20(16(2)26-28)21-14-22(31-27-21)24(29)25-23(17-8-6-5-7-9-17)18-10-12-19(30-3)13-11-18/h5-15,23H,4H2,1-3H3,(H,25,29)/t23-/m0/s1. The van der Waals surface area contributed by atoms with E-state index in [0.717, 1.165) is 34.7 Å². The number of rotatable bonds is 7. The van der Waals surface area contributed by atoms with Crippen molar-refractivity contribution in [3.63, 3.8) is 0 Å². The monoisotopic (exact) mass is 416 g/mol. The molecule has 7 heteroatoms. The van der Waals surface area contributed by atoms with Gasteiger partial charge in [-0.1, -0.05) is 47.6 Å². The molecular formula is C24H24N4O3. The summed E-state index contributed by atoms with van der Waals surface area (Å²) in [6, 6.07) is 18.7. The van der Waals surface area contributed by atoms with Crippen LogP contribution in [0.15, 0.2) is 71.4 Å². The number of benzene rings is 2. The Morgan fingerprint density at radius 3 is 2.48 bits per heavy atom. The highest BCUT2D eigenvalue weighted by Gasteiger charge is 2.22. The second-order valence-corrected chi connectivity index (χ2v) is 7.15. The lowest BCUT2D eigenvalue weighted by Crippen LogP contribution is -2.29. The Labute approximate surface area is 180 Å². The number of nitrogens with one attached hydrogen (secondary N) is 1. The van der Waals surface area contributed by atoms with Crippen LogP contribution >= 0.6 is 0 Å². The molecule has 2 aromatic carbocycles. The molecule has 2 heterocycles. The molecule has 1 atom stereocenters. The van der Waals surface area contributed by atoms with Crippen molar-refractivity contribution in [1.29, 1.82) is 0 Å². The zero-order chi connectivity index (χ0) is 21.8. The molecule has 1 N–H and O–H groups in total. The molecule has 7 nitrogen and oxygen atoms in total. The van der Waals surface area contributed by atoms with Gasteiger partial charge in [0.05, 0.1) is 18.8 Å². The third-order valence-electron chi connectivity index (χ3n) is 5.14. The second kappa shape index (κ2) is 8.87. The van der Waals surface area contributed by atoms with Crippen LogP contribution in [0.25, 0.3) is 11.3 Å². The number of hydrogen-bond acceptors (Lipinski definition) is 5. The molecule has 31 heavy (non-hydrogen) atoms. The molecule has 0 bridgehead atoms. The highest BCUT2D eigenvalue weighted by atomic mass is 16.5. The molecule has 0 saturated heterocycles. The van der Waals surface area contributed by atoms with Gasteiger partial charge in [0.15, 0.2) is 0 Å². The average Bonchev–Trinajstić information content (AvgIpc) is 3.44. The molecule has 158 valence electrons. The summed E-state index contributed by atoms with van der Waals surface area (Å²) in [6.45, 7) is 4.68. The van der Waals surface area contributed by atoms with Gasteiger partial charge in [0, 0.05) is 24.4 Å². The van der Waals surface area contributed by atoms with Gasteiger partial charge in [0.1, 0.15) is 11.4 Å². The van der Waals surface area contributed by atoms with Crippen LogP contribution in [0.4, 0.5) is 0 Å². The maximum atomic E-state index is 13.0. The van der Waals surface area contributed by atoms with Crippen molar-refractivity contribution in [2.45, 2.75) is 26.4 Å². The van der Waals surface area contributed by atoms with Crippen molar-refractivity contribution in [3.8, 4) is 17.0 Å². The number of amides is 1. The van der Waals surface area contributed by atoms with Crippen LogP contribution in [0.5, 0.6) is 5.75 Å². The van der Waals surface area contributed by atoms with E-state index in [1.807, 2.05) is 79.3 Å². The van der Waals surface area contributed by atoms with Gasteiger partial charge in [0.2, 0.25) is 5.76 Å². The normalized spacial score (nSPS) is 11.8. The van der Waals surface area contributed by atoms with Crippen LogP contribution in [-0.4, -0.2) is 28.0 Å². The second-order valence-electron chi connectivity index (χ2n) is 7.15. The van der Waals surface area contributed by atoms with Crippen LogP contribution in [0.2, 0.25) is 0 Å². The van der Waals surface area contributed by atoms with E-state index < -0.39 is 0 Å². The molecule has 0 unspecified atom stereocenters. The zero-order valence-corrected chi connectivity index (χ0v) is 17.7. The van der Waals surface area contributed by atoms with Crippen LogP contribution in [0.3, 0.4) is 0 Å². The average molecular weight is 416 g/mol. The summed E-state index contributed by atoms with van der Waals surface area (Å²) in [6.07, 6.45) is 1.90. The lowest BCUT2D eigenvalue weighted by atomic mass is 9.98. The number of ether oxygens (including phenoxy) is 1. The molecule has 0 radical (unpaired) electrons. The van der Waals surface area contributed by atoms with Gasteiger partial charge in [-0.05, 0) is 37.1 Å². The summed E-state index contributed by atoms with van der Waals surface area (Å²) >= 11 is 0. The summed E-state index contributed by atoms with van der Waals surface area (Å²) < 4.78 is 12.4. The summed E-state index contributed by atoms with van der Waals surface area (Å²) in [5.41, 5.74) is 4.16. The summed E-state index contributed by atoms with van der Waals surface area (Å²) in [7, 11) is 1.62. The van der Waals surface area contributed by atoms with Crippen LogP contribution in [0.1, 0.15) is 40.3 Å². The number of nitrogens with zero attached hydrogens (tertiary/aromatic N) is 3. The van der Waals surface area contributed by atoms with Crippen LogP contribution in [-0.2, 0) is 6.54 Å². The molecule has 0 aliphatic heterocycles. The van der Waals surface area contributed by atoms with Gasteiger partial charge in [-0.3, -0.25) is 9.48 Å². The first-order valence-electron chi connectivity index (χ1n) is 10.1. The minimum absolute atomic E-state index is 0.146. The Morgan fingerprint density at radius 1 is 1.13 bits per heavy atom. The Morgan fingerprint density at radius 2 is 1.84 bits per heavy atom. The van der Waals surface area contributed by atoms with Gasteiger partial charge in [0.25, 0.3) is 5.91 Å². The highest BCUT2D eigenvalue weighted by Crippen LogP contribution is 2.26. The van der Waals surface area contributed by atoms with E-state index in [2.05, 4.69) is 15.6 Å². The van der Waals surface area contributed by atoms with Crippen molar-refractivity contribution >= 4 is 5.91 Å². The number of aromatic nitrogens is 3. The predicted octanol–water partition coefficient (Wildman–Crippen LogP) is 4.39. The van der Waals surface area contributed by atoms with Crippen molar-refractivity contribution in [2.75, 3.05) is 7.11 Å². The van der Waals surface area contributed by atoms with Crippen molar-refractivity contribution < 1.29 is 14.1 Å². The van der Waals surface area contributed by atoms with Crippen LogP contribution < -0.4 is 10.1 Å². The van der Waals surface area contributed by atoms with Crippen molar-refractivity contribution in [1.82, 2.24) is 20.3 Å². The highest BCUT2D eigenvalue weighted by molar-refractivity contribution is 5.93. The van der Waals surface area contributed by atoms with Gasteiger partial charge in [-0.2, -0.15) is 5.10 Å². The molecule has 0 fully saturated rings. The fourth-order valence-corrected chi connectivity index (χ4v) is 3.44. The van der Waals surface area contributed by atoms with Crippen molar-refractivity contribution in [3.05, 3.63) is 89.4 Å². The smallest absolute Gasteiger partial charge is 0.290 e. The quantitative estimate of drug-likeness (QED) is 0.483. The lowest BCUT2D eigenvalue weighted by molar-refractivity contribution is 0.0906. The third kappa shape index (κ3) is 4.35. The largest absolute Gasteiger partial charge is 0.497 e. The molecule has 1 amide bonds. The summed E-state index contributed by atoms with van der Waals surface area (Å²) in [4.78, 5) is 13.0. The molecule has 4 aromatic rings. The molecule has 2 aromatic heterocycles. The number of methoxy groups -OCH3 is 1.